The van der Waals surface area contributed by atoms with Crippen LogP contribution >= 0.6 is 46.4 Å². The van der Waals surface area contributed by atoms with E-state index in [1.807, 2.05) is 62.4 Å². The smallest absolute Gasteiger partial charge is 0.101 e. The SMILES string of the molecule is Cc1cc(Cl)c(N=C2C(=Nc3c(Cl)cc(C)cc3Cl)c3cccc4cccc2c34)c(Cl)c1. The van der Waals surface area contributed by atoms with Gasteiger partial charge in [0.2, 0.25) is 0 Å². The monoisotopic (exact) mass is 496 g/mol. The number of aliphatic imine (C=N–C) groups is 2. The zero-order valence-electron chi connectivity index (χ0n) is 17.2. The number of rotatable bonds is 2. The second-order valence-electron chi connectivity index (χ2n) is 7.78. The second kappa shape index (κ2) is 8.20. The molecule has 4 aromatic rings. The van der Waals surface area contributed by atoms with E-state index in [0.29, 0.717) is 42.9 Å². The molecule has 6 heteroatoms. The highest BCUT2D eigenvalue weighted by Crippen LogP contribution is 2.40. The van der Waals surface area contributed by atoms with E-state index in [-0.39, 0.29) is 0 Å². The van der Waals surface area contributed by atoms with Crippen LogP contribution in [0.25, 0.3) is 10.8 Å². The summed E-state index contributed by atoms with van der Waals surface area (Å²) in [7, 11) is 0. The molecule has 1 aliphatic rings. The molecule has 0 atom stereocenters. The summed E-state index contributed by atoms with van der Waals surface area (Å²) in [6, 6.07) is 19.6. The summed E-state index contributed by atoms with van der Waals surface area (Å²) in [5.74, 6) is 0. The van der Waals surface area contributed by atoms with Crippen LogP contribution in [-0.4, -0.2) is 11.4 Å². The van der Waals surface area contributed by atoms with Gasteiger partial charge in [0.15, 0.2) is 0 Å². The van der Waals surface area contributed by atoms with Gasteiger partial charge in [0.25, 0.3) is 0 Å². The molecule has 0 spiro atoms. The summed E-state index contributed by atoms with van der Waals surface area (Å²) in [6.45, 7) is 3.88. The third-order valence-corrected chi connectivity index (χ3v) is 6.56. The van der Waals surface area contributed by atoms with Crippen LogP contribution in [0.2, 0.25) is 20.1 Å². The highest BCUT2D eigenvalue weighted by molar-refractivity contribution is 6.62. The molecule has 32 heavy (non-hydrogen) atoms. The molecule has 2 nitrogen and oxygen atoms in total. The van der Waals surface area contributed by atoms with E-state index < -0.39 is 0 Å². The molecule has 4 aromatic carbocycles. The van der Waals surface area contributed by atoms with Crippen molar-refractivity contribution in [3.8, 4) is 0 Å². The van der Waals surface area contributed by atoms with Crippen LogP contribution in [0, 0.1) is 13.8 Å². The predicted octanol–water partition coefficient (Wildman–Crippen LogP) is 9.33. The van der Waals surface area contributed by atoms with E-state index in [4.69, 9.17) is 56.4 Å². The molecule has 0 unspecified atom stereocenters. The number of hydrogen-bond donors (Lipinski definition) is 0. The summed E-state index contributed by atoms with van der Waals surface area (Å²) in [4.78, 5) is 9.86. The maximum absolute atomic E-state index is 6.53. The van der Waals surface area contributed by atoms with Gasteiger partial charge in [0.05, 0.1) is 31.5 Å². The lowest BCUT2D eigenvalue weighted by Crippen LogP contribution is -2.10. The van der Waals surface area contributed by atoms with Crippen LogP contribution in [0.5, 0.6) is 0 Å². The average Bonchev–Trinajstić information content (AvgIpc) is 3.02. The van der Waals surface area contributed by atoms with Gasteiger partial charge in [-0.15, -0.1) is 0 Å². The van der Waals surface area contributed by atoms with Gasteiger partial charge >= 0.3 is 0 Å². The Morgan fingerprint density at radius 2 is 0.938 bits per heavy atom. The summed E-state index contributed by atoms with van der Waals surface area (Å²) < 4.78 is 0. The van der Waals surface area contributed by atoms with Crippen LogP contribution in [-0.2, 0) is 0 Å². The molecule has 0 heterocycles. The zero-order chi connectivity index (χ0) is 22.6. The first-order valence-corrected chi connectivity index (χ1v) is 11.5. The second-order valence-corrected chi connectivity index (χ2v) is 9.41. The van der Waals surface area contributed by atoms with Gasteiger partial charge in [-0.1, -0.05) is 82.8 Å². The minimum Gasteiger partial charge on any atom is -0.243 e. The molecule has 0 saturated carbocycles. The van der Waals surface area contributed by atoms with Crippen LogP contribution < -0.4 is 0 Å². The number of aryl methyl sites for hydroxylation is 2. The first-order chi connectivity index (χ1) is 15.3. The fourth-order valence-electron chi connectivity index (χ4n) is 4.04. The lowest BCUT2D eigenvalue weighted by molar-refractivity contribution is 1.42. The molecular weight excluding hydrogens is 482 g/mol. The van der Waals surface area contributed by atoms with E-state index in [0.717, 1.165) is 33.0 Å². The Labute approximate surface area is 206 Å². The van der Waals surface area contributed by atoms with E-state index in [1.54, 1.807) is 0 Å². The lowest BCUT2D eigenvalue weighted by Gasteiger charge is -2.09. The molecule has 0 radical (unpaired) electrons. The summed E-state index contributed by atoms with van der Waals surface area (Å²) >= 11 is 26.1. The van der Waals surface area contributed by atoms with Crippen LogP contribution in [0.3, 0.4) is 0 Å². The first-order valence-electron chi connectivity index (χ1n) is 9.95. The molecule has 0 bridgehead atoms. The maximum atomic E-state index is 6.53. The predicted molar refractivity (Wildman–Crippen MR) is 139 cm³/mol. The number of nitrogens with zero attached hydrogens (tertiary/aromatic N) is 2. The normalized spacial score (nSPS) is 15.3. The highest BCUT2D eigenvalue weighted by atomic mass is 35.5. The minimum absolute atomic E-state index is 0.483. The molecule has 0 aromatic heterocycles. The Morgan fingerprint density at radius 1 is 0.562 bits per heavy atom. The van der Waals surface area contributed by atoms with Gasteiger partial charge in [-0.25, -0.2) is 9.98 Å². The Morgan fingerprint density at radius 3 is 1.31 bits per heavy atom. The average molecular weight is 498 g/mol. The molecule has 0 fully saturated rings. The van der Waals surface area contributed by atoms with Gasteiger partial charge in [0.1, 0.15) is 11.4 Å². The minimum atomic E-state index is 0.483. The molecular formula is C26H16Cl4N2. The molecule has 5 rings (SSSR count). The van der Waals surface area contributed by atoms with Crippen molar-refractivity contribution in [3.63, 3.8) is 0 Å². The van der Waals surface area contributed by atoms with Crippen molar-refractivity contribution < 1.29 is 0 Å². The third kappa shape index (κ3) is 3.62. The standard InChI is InChI=1S/C26H16Cl4N2/c1-13-9-18(27)25(19(28)10-13)31-23-16-7-3-5-15-6-4-8-17(22(15)16)24(23)32-26-20(29)11-14(2)12-21(26)30/h3-12H,1-2H3. The summed E-state index contributed by atoms with van der Waals surface area (Å²) in [5.41, 5.74) is 6.22. The Balaban J connectivity index is 1.84. The molecule has 1 aliphatic carbocycles. The topological polar surface area (TPSA) is 24.7 Å². The number of benzene rings is 4. The Bertz CT molecular complexity index is 1330. The van der Waals surface area contributed by atoms with Crippen molar-refractivity contribution in [3.05, 3.63) is 103 Å². The third-order valence-electron chi connectivity index (χ3n) is 5.41. The van der Waals surface area contributed by atoms with Crippen molar-refractivity contribution in [1.82, 2.24) is 0 Å². The van der Waals surface area contributed by atoms with Gasteiger partial charge in [-0.2, -0.15) is 0 Å². The van der Waals surface area contributed by atoms with Gasteiger partial charge < -0.3 is 0 Å². The fraction of sp³-hybridized carbons (Fsp3) is 0.0769. The van der Waals surface area contributed by atoms with Gasteiger partial charge in [-0.05, 0) is 54.6 Å². The molecule has 0 aliphatic heterocycles. The Hall–Kier alpha value is -2.36. The van der Waals surface area contributed by atoms with E-state index in [9.17, 15) is 0 Å². The molecule has 158 valence electrons. The summed E-state index contributed by atoms with van der Waals surface area (Å²) in [6.07, 6.45) is 0. The van der Waals surface area contributed by atoms with Crippen LogP contribution in [0.1, 0.15) is 22.3 Å². The van der Waals surface area contributed by atoms with Crippen molar-refractivity contribution in [1.29, 1.82) is 0 Å². The quantitative estimate of drug-likeness (QED) is 0.263. The molecule has 0 N–H and O–H groups in total. The van der Waals surface area contributed by atoms with E-state index in [2.05, 4.69) is 12.1 Å². The largest absolute Gasteiger partial charge is 0.243 e. The van der Waals surface area contributed by atoms with Crippen LogP contribution in [0.4, 0.5) is 11.4 Å². The molecule has 0 amide bonds. The first kappa shape index (κ1) is 21.5. The number of halogens is 4. The van der Waals surface area contributed by atoms with E-state index in [1.165, 1.54) is 0 Å². The summed E-state index contributed by atoms with van der Waals surface area (Å²) in [5, 5.41) is 4.10. The number of hydrogen-bond acceptors (Lipinski definition) is 2. The Kier molecular flexibility index (Phi) is 5.51. The van der Waals surface area contributed by atoms with Gasteiger partial charge in [-0.3, -0.25) is 0 Å². The van der Waals surface area contributed by atoms with E-state index >= 15 is 0 Å². The lowest BCUT2D eigenvalue weighted by atomic mass is 10.1. The van der Waals surface area contributed by atoms with Crippen molar-refractivity contribution in [2.75, 3.05) is 0 Å². The fourth-order valence-corrected chi connectivity index (χ4v) is 5.40. The van der Waals surface area contributed by atoms with Crippen molar-refractivity contribution in [2.24, 2.45) is 9.98 Å². The highest BCUT2D eigenvalue weighted by Gasteiger charge is 2.28. The maximum Gasteiger partial charge on any atom is 0.101 e. The van der Waals surface area contributed by atoms with Gasteiger partial charge in [0, 0.05) is 16.5 Å². The zero-order valence-corrected chi connectivity index (χ0v) is 20.2. The molecule has 0 saturated heterocycles. The van der Waals surface area contributed by atoms with Crippen molar-refractivity contribution >= 4 is 80.0 Å². The van der Waals surface area contributed by atoms with Crippen molar-refractivity contribution in [2.45, 2.75) is 13.8 Å². The van der Waals surface area contributed by atoms with Crippen LogP contribution in [0.15, 0.2) is 70.6 Å².